The Morgan fingerprint density at radius 2 is 2.00 bits per heavy atom. The van der Waals surface area contributed by atoms with Crippen LogP contribution in [0.1, 0.15) is 19.3 Å². The summed E-state index contributed by atoms with van der Waals surface area (Å²) in [5.74, 6) is 0. The SMILES string of the molecule is CNCCCNC1CC[N]CC1. The van der Waals surface area contributed by atoms with Gasteiger partial charge in [0.15, 0.2) is 0 Å². The molecule has 1 aliphatic rings. The average molecular weight is 170 g/mol. The third-order valence-corrected chi connectivity index (χ3v) is 2.31. The van der Waals surface area contributed by atoms with Gasteiger partial charge in [-0.15, -0.1) is 0 Å². The van der Waals surface area contributed by atoms with Crippen molar-refractivity contribution >= 4 is 0 Å². The first-order chi connectivity index (χ1) is 5.93. The monoisotopic (exact) mass is 170 g/mol. The summed E-state index contributed by atoms with van der Waals surface area (Å²) in [6, 6.07) is 0.736. The summed E-state index contributed by atoms with van der Waals surface area (Å²) in [6.07, 6.45) is 3.70. The highest BCUT2D eigenvalue weighted by Gasteiger charge is 2.11. The number of hydrogen-bond donors (Lipinski definition) is 2. The number of hydrogen-bond acceptors (Lipinski definition) is 2. The van der Waals surface area contributed by atoms with Crippen LogP contribution in [-0.2, 0) is 0 Å². The van der Waals surface area contributed by atoms with Crippen molar-refractivity contribution in [2.75, 3.05) is 33.2 Å². The van der Waals surface area contributed by atoms with Crippen molar-refractivity contribution in [3.8, 4) is 0 Å². The molecule has 12 heavy (non-hydrogen) atoms. The lowest BCUT2D eigenvalue weighted by atomic mass is 10.1. The van der Waals surface area contributed by atoms with Crippen LogP contribution in [0.3, 0.4) is 0 Å². The van der Waals surface area contributed by atoms with Gasteiger partial charge in [0.25, 0.3) is 0 Å². The summed E-state index contributed by atoms with van der Waals surface area (Å²) in [5, 5.41) is 11.0. The Labute approximate surface area is 75.3 Å². The van der Waals surface area contributed by atoms with Crippen LogP contribution in [-0.4, -0.2) is 39.3 Å². The first-order valence-electron chi connectivity index (χ1n) is 4.94. The van der Waals surface area contributed by atoms with Gasteiger partial charge < -0.3 is 10.6 Å². The molecule has 0 unspecified atom stereocenters. The van der Waals surface area contributed by atoms with Gasteiger partial charge in [0.05, 0.1) is 0 Å². The van der Waals surface area contributed by atoms with E-state index in [1.165, 1.54) is 19.3 Å². The number of nitrogens with one attached hydrogen (secondary N) is 2. The number of nitrogens with zero attached hydrogens (tertiary/aromatic N) is 1. The minimum Gasteiger partial charge on any atom is -0.320 e. The summed E-state index contributed by atoms with van der Waals surface area (Å²) in [5.41, 5.74) is 0. The smallest absolute Gasteiger partial charge is 0.0148 e. The van der Waals surface area contributed by atoms with Crippen LogP contribution in [0, 0.1) is 0 Å². The van der Waals surface area contributed by atoms with Crippen molar-refractivity contribution in [1.29, 1.82) is 0 Å². The molecule has 0 amide bonds. The van der Waals surface area contributed by atoms with E-state index in [2.05, 4.69) is 16.0 Å². The summed E-state index contributed by atoms with van der Waals surface area (Å²) in [4.78, 5) is 0. The Kier molecular flexibility index (Phi) is 5.32. The average Bonchev–Trinajstić information content (AvgIpc) is 2.14. The fraction of sp³-hybridized carbons (Fsp3) is 1.00. The summed E-state index contributed by atoms with van der Waals surface area (Å²) in [7, 11) is 2.00. The Morgan fingerprint density at radius 3 is 2.67 bits per heavy atom. The van der Waals surface area contributed by atoms with Crippen molar-refractivity contribution < 1.29 is 0 Å². The van der Waals surface area contributed by atoms with Gasteiger partial charge in [-0.05, 0) is 39.4 Å². The van der Waals surface area contributed by atoms with Crippen molar-refractivity contribution in [1.82, 2.24) is 16.0 Å². The maximum Gasteiger partial charge on any atom is 0.0148 e. The molecule has 0 aliphatic carbocycles. The second-order valence-corrected chi connectivity index (χ2v) is 3.36. The summed E-state index contributed by atoms with van der Waals surface area (Å²) >= 11 is 0. The second-order valence-electron chi connectivity index (χ2n) is 3.36. The molecular weight excluding hydrogens is 150 g/mol. The molecule has 0 aromatic rings. The third-order valence-electron chi connectivity index (χ3n) is 2.31. The molecule has 1 rings (SSSR count). The number of rotatable bonds is 5. The fourth-order valence-electron chi connectivity index (χ4n) is 1.53. The normalized spacial score (nSPS) is 19.8. The molecule has 0 aromatic carbocycles. The van der Waals surface area contributed by atoms with E-state index >= 15 is 0 Å². The van der Waals surface area contributed by atoms with Gasteiger partial charge in [-0.2, -0.15) is 0 Å². The summed E-state index contributed by atoms with van der Waals surface area (Å²) < 4.78 is 0. The van der Waals surface area contributed by atoms with Gasteiger partial charge >= 0.3 is 0 Å². The molecule has 0 spiro atoms. The molecule has 1 aliphatic heterocycles. The van der Waals surface area contributed by atoms with E-state index in [0.717, 1.165) is 32.2 Å². The highest BCUT2D eigenvalue weighted by Crippen LogP contribution is 2.02. The van der Waals surface area contributed by atoms with E-state index in [0.29, 0.717) is 0 Å². The van der Waals surface area contributed by atoms with Crippen LogP contribution in [0.2, 0.25) is 0 Å². The van der Waals surface area contributed by atoms with Crippen LogP contribution in [0.4, 0.5) is 0 Å². The van der Waals surface area contributed by atoms with Gasteiger partial charge in [0.1, 0.15) is 0 Å². The Bertz CT molecular complexity index is 99.9. The quantitative estimate of drug-likeness (QED) is 0.568. The second kappa shape index (κ2) is 6.40. The van der Waals surface area contributed by atoms with Gasteiger partial charge in [0.2, 0.25) is 0 Å². The molecule has 1 heterocycles. The molecular formula is C9H20N3. The van der Waals surface area contributed by atoms with Gasteiger partial charge in [-0.1, -0.05) is 0 Å². The maximum absolute atomic E-state index is 4.32. The molecule has 71 valence electrons. The van der Waals surface area contributed by atoms with Crippen LogP contribution in [0.15, 0.2) is 0 Å². The third kappa shape index (κ3) is 4.04. The number of piperidine rings is 1. The van der Waals surface area contributed by atoms with E-state index in [-0.39, 0.29) is 0 Å². The van der Waals surface area contributed by atoms with Crippen LogP contribution in [0.25, 0.3) is 0 Å². The minimum atomic E-state index is 0.736. The molecule has 0 saturated carbocycles. The lowest BCUT2D eigenvalue weighted by Gasteiger charge is -2.22. The molecule has 1 saturated heterocycles. The molecule has 0 aromatic heterocycles. The zero-order valence-corrected chi connectivity index (χ0v) is 7.97. The van der Waals surface area contributed by atoms with E-state index in [1.807, 2.05) is 7.05 Å². The standard InChI is InChI=1S/C9H20N3/c1-10-5-2-6-12-9-3-7-11-8-4-9/h9-10,12H,2-8H2,1H3. The topological polar surface area (TPSA) is 38.2 Å². The Hall–Kier alpha value is -0.120. The molecule has 1 fully saturated rings. The van der Waals surface area contributed by atoms with Crippen molar-refractivity contribution in [2.45, 2.75) is 25.3 Å². The van der Waals surface area contributed by atoms with Crippen molar-refractivity contribution in [2.24, 2.45) is 0 Å². The highest BCUT2D eigenvalue weighted by molar-refractivity contribution is 4.73. The van der Waals surface area contributed by atoms with E-state index in [4.69, 9.17) is 0 Å². The first kappa shape index (κ1) is 9.96. The Balaban J connectivity index is 1.91. The molecule has 0 bridgehead atoms. The van der Waals surface area contributed by atoms with Gasteiger partial charge in [-0.25, -0.2) is 5.32 Å². The van der Waals surface area contributed by atoms with E-state index in [1.54, 1.807) is 0 Å². The highest BCUT2D eigenvalue weighted by atomic mass is 15.0. The lowest BCUT2D eigenvalue weighted by molar-refractivity contribution is 0.381. The molecule has 2 N–H and O–H groups in total. The summed E-state index contributed by atoms with van der Waals surface area (Å²) in [6.45, 7) is 4.38. The first-order valence-corrected chi connectivity index (χ1v) is 4.94. The molecule has 3 nitrogen and oxygen atoms in total. The lowest BCUT2D eigenvalue weighted by Crippen LogP contribution is -2.38. The molecule has 1 radical (unpaired) electrons. The van der Waals surface area contributed by atoms with Gasteiger partial charge in [0, 0.05) is 19.1 Å². The predicted octanol–water partition coefficient (Wildman–Crippen LogP) is -0.0477. The molecule has 3 heteroatoms. The zero-order chi connectivity index (χ0) is 8.65. The molecule has 0 atom stereocenters. The fourth-order valence-corrected chi connectivity index (χ4v) is 1.53. The predicted molar refractivity (Wildman–Crippen MR) is 51.4 cm³/mol. The van der Waals surface area contributed by atoms with E-state index in [9.17, 15) is 0 Å². The maximum atomic E-state index is 4.32. The van der Waals surface area contributed by atoms with Gasteiger partial charge in [-0.3, -0.25) is 0 Å². The minimum absolute atomic E-state index is 0.736. The van der Waals surface area contributed by atoms with Crippen LogP contribution >= 0.6 is 0 Å². The largest absolute Gasteiger partial charge is 0.320 e. The van der Waals surface area contributed by atoms with E-state index < -0.39 is 0 Å². The zero-order valence-electron chi connectivity index (χ0n) is 7.97. The van der Waals surface area contributed by atoms with Crippen LogP contribution < -0.4 is 16.0 Å². The van der Waals surface area contributed by atoms with Crippen molar-refractivity contribution in [3.05, 3.63) is 0 Å². The van der Waals surface area contributed by atoms with Crippen LogP contribution in [0.5, 0.6) is 0 Å². The Morgan fingerprint density at radius 1 is 1.25 bits per heavy atom. The van der Waals surface area contributed by atoms with Crippen molar-refractivity contribution in [3.63, 3.8) is 0 Å².